The molecule has 1 saturated heterocycles. The van der Waals surface area contributed by atoms with E-state index in [-0.39, 0.29) is 13.2 Å². The van der Waals surface area contributed by atoms with Crippen molar-refractivity contribution in [3.8, 4) is 11.5 Å². The summed E-state index contributed by atoms with van der Waals surface area (Å²) < 4.78 is 35.4. The van der Waals surface area contributed by atoms with E-state index in [0.717, 1.165) is 21.9 Å². The molecule has 13 heteroatoms. The first-order valence-electron chi connectivity index (χ1n) is 14.1. The van der Waals surface area contributed by atoms with E-state index in [4.69, 9.17) is 38.3 Å². The lowest BCUT2D eigenvalue weighted by molar-refractivity contribution is -0.222. The van der Waals surface area contributed by atoms with Crippen molar-refractivity contribution in [2.24, 2.45) is 4.99 Å². The molecule has 2 aliphatic heterocycles. The first-order chi connectivity index (χ1) is 20.9. The monoisotopic (exact) mass is 631 g/mol. The van der Waals surface area contributed by atoms with Crippen molar-refractivity contribution in [1.29, 1.82) is 0 Å². The normalized spacial score (nSPS) is 22.9. The molecule has 2 aliphatic rings. The minimum atomic E-state index is -1.09. The molecule has 5 atom stereocenters. The van der Waals surface area contributed by atoms with Gasteiger partial charge in [0.25, 0.3) is 5.91 Å². The summed E-state index contributed by atoms with van der Waals surface area (Å²) in [6.07, 6.45) is -3.26. The summed E-state index contributed by atoms with van der Waals surface area (Å²) in [5, 5.41) is 1.48. The summed E-state index contributed by atoms with van der Waals surface area (Å²) in [5.41, 5.74) is 0.421. The Morgan fingerprint density at radius 1 is 0.864 bits per heavy atom. The Bertz CT molecular complexity index is 1300. The van der Waals surface area contributed by atoms with Crippen LogP contribution in [0.25, 0.3) is 0 Å². The molecule has 2 aromatic rings. The van der Waals surface area contributed by atoms with Crippen molar-refractivity contribution in [2.45, 2.75) is 69.4 Å². The Hall–Kier alpha value is -3.36. The van der Waals surface area contributed by atoms with Gasteiger partial charge in [0.2, 0.25) is 0 Å². The number of rotatable bonds is 10. The maximum absolute atomic E-state index is 13.6. The molecule has 0 spiro atoms. The Balaban J connectivity index is 1.66. The average molecular weight is 632 g/mol. The molecule has 240 valence electrons. The molecular weight excluding hydrogens is 590 g/mol. The number of carbonyl (C=O) groups is 2. The van der Waals surface area contributed by atoms with Gasteiger partial charge in [-0.1, -0.05) is 36.0 Å². The number of hydrogen-bond acceptors (Lipinski definition) is 11. The molecule has 0 bridgehead atoms. The van der Waals surface area contributed by atoms with Gasteiger partial charge in [0.1, 0.15) is 40.8 Å². The van der Waals surface area contributed by atoms with Crippen LogP contribution in [0.3, 0.4) is 0 Å². The third kappa shape index (κ3) is 8.21. The standard InChI is InChI=1S/C31H41N3O9S/c1-31(2,3)43-30(36)33(4)29-32-23-24(40-17-19-9-13-21(37-6)14-10-19)25(41-18-20-11-15-22(38-7)16-12-20)26(42-28(23)44-29)27(35)34(5)39-8/h9-16,23-26,28H,17-18H2,1-8H3/t23-,24?,25?,26+,28-/m1/s1. The number of hydrogen-bond donors (Lipinski definition) is 0. The van der Waals surface area contributed by atoms with E-state index in [1.807, 2.05) is 48.5 Å². The molecule has 0 aromatic heterocycles. The summed E-state index contributed by atoms with van der Waals surface area (Å²) in [7, 11) is 7.70. The Labute approximate surface area is 262 Å². The number of amidine groups is 1. The topological polar surface area (TPSA) is 118 Å². The van der Waals surface area contributed by atoms with Gasteiger partial charge >= 0.3 is 6.09 Å². The number of nitrogens with zero attached hydrogens (tertiary/aromatic N) is 3. The van der Waals surface area contributed by atoms with Crippen LogP contribution in [0, 0.1) is 0 Å². The minimum Gasteiger partial charge on any atom is -0.497 e. The lowest BCUT2D eigenvalue weighted by Gasteiger charge is -2.42. The zero-order valence-electron chi connectivity index (χ0n) is 26.3. The van der Waals surface area contributed by atoms with Crippen LogP contribution in [-0.2, 0) is 41.8 Å². The highest BCUT2D eigenvalue weighted by atomic mass is 32.2. The van der Waals surface area contributed by atoms with E-state index in [1.54, 1.807) is 42.0 Å². The predicted molar refractivity (Wildman–Crippen MR) is 164 cm³/mol. The van der Waals surface area contributed by atoms with Crippen LogP contribution < -0.4 is 9.47 Å². The summed E-state index contributed by atoms with van der Waals surface area (Å²) in [6, 6.07) is 14.3. The number of aliphatic imine (C=N–C) groups is 1. The van der Waals surface area contributed by atoms with Gasteiger partial charge in [0.15, 0.2) is 11.3 Å². The van der Waals surface area contributed by atoms with Crippen LogP contribution in [0.1, 0.15) is 31.9 Å². The number of carbonyl (C=O) groups excluding carboxylic acids is 2. The van der Waals surface area contributed by atoms with Gasteiger partial charge in [0, 0.05) is 14.1 Å². The average Bonchev–Trinajstić information content (AvgIpc) is 3.45. The molecule has 2 heterocycles. The number of likely N-dealkylation sites (N-methyl/N-ethyl adjacent to an activating group) is 1. The molecule has 0 saturated carbocycles. The van der Waals surface area contributed by atoms with E-state index in [9.17, 15) is 9.59 Å². The Morgan fingerprint density at radius 3 is 1.86 bits per heavy atom. The van der Waals surface area contributed by atoms with Crippen LogP contribution in [0.4, 0.5) is 4.79 Å². The van der Waals surface area contributed by atoms with E-state index in [1.165, 1.54) is 30.8 Å². The van der Waals surface area contributed by atoms with E-state index in [2.05, 4.69) is 0 Å². The summed E-state index contributed by atoms with van der Waals surface area (Å²) in [5.74, 6) is 0.991. The summed E-state index contributed by atoms with van der Waals surface area (Å²) in [4.78, 5) is 37.9. The van der Waals surface area contributed by atoms with Crippen molar-refractivity contribution >= 4 is 28.9 Å². The first kappa shape index (κ1) is 33.5. The number of amides is 2. The van der Waals surface area contributed by atoms with Gasteiger partial charge < -0.3 is 28.4 Å². The lowest BCUT2D eigenvalue weighted by atomic mass is 9.96. The van der Waals surface area contributed by atoms with Crippen molar-refractivity contribution in [2.75, 3.05) is 35.4 Å². The van der Waals surface area contributed by atoms with E-state index < -0.39 is 47.4 Å². The number of methoxy groups -OCH3 is 2. The molecule has 12 nitrogen and oxygen atoms in total. The molecule has 4 rings (SSSR count). The maximum Gasteiger partial charge on any atom is 0.416 e. The molecule has 0 N–H and O–H groups in total. The smallest absolute Gasteiger partial charge is 0.416 e. The number of hydroxylamine groups is 2. The molecule has 2 aromatic carbocycles. The van der Waals surface area contributed by atoms with Gasteiger partial charge in [-0.05, 0) is 56.2 Å². The van der Waals surface area contributed by atoms with Crippen molar-refractivity contribution < 1.29 is 42.8 Å². The third-order valence-electron chi connectivity index (χ3n) is 6.98. The lowest BCUT2D eigenvalue weighted by Crippen LogP contribution is -2.61. The van der Waals surface area contributed by atoms with Crippen LogP contribution in [0.2, 0.25) is 0 Å². The van der Waals surface area contributed by atoms with Gasteiger partial charge in [0.05, 0.1) is 34.5 Å². The molecule has 2 amide bonds. The molecule has 44 heavy (non-hydrogen) atoms. The largest absolute Gasteiger partial charge is 0.497 e. The Morgan fingerprint density at radius 2 is 1.39 bits per heavy atom. The third-order valence-corrected chi connectivity index (χ3v) is 8.20. The van der Waals surface area contributed by atoms with Crippen molar-refractivity contribution in [3.63, 3.8) is 0 Å². The minimum absolute atomic E-state index is 0.166. The highest BCUT2D eigenvalue weighted by Crippen LogP contribution is 2.40. The van der Waals surface area contributed by atoms with Gasteiger partial charge in [-0.25, -0.2) is 9.86 Å². The zero-order valence-corrected chi connectivity index (χ0v) is 27.2. The molecule has 2 unspecified atom stereocenters. The van der Waals surface area contributed by atoms with E-state index in [0.29, 0.717) is 10.9 Å². The van der Waals surface area contributed by atoms with Crippen molar-refractivity contribution in [1.82, 2.24) is 9.96 Å². The summed E-state index contributed by atoms with van der Waals surface area (Å²) >= 11 is 1.22. The number of ether oxygens (including phenoxy) is 6. The van der Waals surface area contributed by atoms with Crippen LogP contribution >= 0.6 is 11.8 Å². The SMILES string of the molecule is COc1ccc(COC2C(OCc3ccc(OC)cc3)[C@H]3N=C(N(C)C(=O)OC(C)(C)C)S[C@H]3O[C@@H]2C(=O)N(C)OC)cc1. The van der Waals surface area contributed by atoms with Crippen molar-refractivity contribution in [3.05, 3.63) is 59.7 Å². The second-order valence-corrected chi connectivity index (χ2v) is 12.3. The van der Waals surface area contributed by atoms with Crippen LogP contribution in [-0.4, -0.2) is 97.9 Å². The van der Waals surface area contributed by atoms with Crippen LogP contribution in [0.5, 0.6) is 11.5 Å². The molecule has 1 fully saturated rings. The van der Waals surface area contributed by atoms with Gasteiger partial charge in [-0.3, -0.25) is 19.5 Å². The second-order valence-electron chi connectivity index (χ2n) is 11.3. The molecular formula is C31H41N3O9S. The van der Waals surface area contributed by atoms with Gasteiger partial charge in [-0.15, -0.1) is 0 Å². The number of benzene rings is 2. The second kappa shape index (κ2) is 14.6. The zero-order chi connectivity index (χ0) is 32.0. The number of fused-ring (bicyclic) bond motifs is 1. The first-order valence-corrected chi connectivity index (χ1v) is 15.0. The quantitative estimate of drug-likeness (QED) is 0.352. The fourth-order valence-corrected chi connectivity index (χ4v) is 5.72. The fraction of sp³-hybridized carbons (Fsp3) is 0.516. The maximum atomic E-state index is 13.6. The summed E-state index contributed by atoms with van der Waals surface area (Å²) in [6.45, 7) is 5.75. The van der Waals surface area contributed by atoms with E-state index >= 15 is 0 Å². The predicted octanol–water partition coefficient (Wildman–Crippen LogP) is 4.26. The fourth-order valence-electron chi connectivity index (χ4n) is 4.56. The highest BCUT2D eigenvalue weighted by molar-refractivity contribution is 8.14. The van der Waals surface area contributed by atoms with Gasteiger partial charge in [-0.2, -0.15) is 0 Å². The number of thioether (sulfide) groups is 1. The highest BCUT2D eigenvalue weighted by Gasteiger charge is 2.54. The Kier molecular flexibility index (Phi) is 11.1. The molecule has 0 radical (unpaired) electrons. The molecule has 0 aliphatic carbocycles. The van der Waals surface area contributed by atoms with Crippen LogP contribution in [0.15, 0.2) is 53.5 Å².